The molecule has 0 spiro atoms. The monoisotopic (exact) mass is 430 g/mol. The quantitative estimate of drug-likeness (QED) is 0.285. The summed E-state index contributed by atoms with van der Waals surface area (Å²) in [7, 11) is 0. The predicted molar refractivity (Wildman–Crippen MR) is 113 cm³/mol. The smallest absolute Gasteiger partial charge is 0.230 e. The summed E-state index contributed by atoms with van der Waals surface area (Å²) in [5.41, 5.74) is 0.912. The van der Waals surface area contributed by atoms with Crippen LogP contribution < -0.4 is 4.90 Å². The van der Waals surface area contributed by atoms with E-state index in [1.54, 1.807) is 29.3 Å². The zero-order valence-corrected chi connectivity index (χ0v) is 17.2. The summed E-state index contributed by atoms with van der Waals surface area (Å²) in [4.78, 5) is 30.8. The highest BCUT2D eigenvalue weighted by molar-refractivity contribution is 7.98. The van der Waals surface area contributed by atoms with Crippen molar-refractivity contribution in [2.45, 2.75) is 11.8 Å². The third kappa shape index (κ3) is 4.96. The van der Waals surface area contributed by atoms with Crippen molar-refractivity contribution in [1.29, 1.82) is 0 Å². The number of allylic oxidation sites excluding steroid dienone is 1. The Balaban J connectivity index is 1.81. The number of thioether (sulfide) groups is 1. The fourth-order valence-electron chi connectivity index (χ4n) is 2.54. The SMILES string of the molecule is CSc1ccc(C(=O)/C=C/c2csc(N(C(C)=O)c3ccc(F)cc3F)n2)cc1. The Kier molecular flexibility index (Phi) is 6.56. The van der Waals surface area contributed by atoms with Crippen molar-refractivity contribution in [3.63, 3.8) is 0 Å². The molecule has 0 atom stereocenters. The molecule has 148 valence electrons. The molecule has 0 aliphatic carbocycles. The summed E-state index contributed by atoms with van der Waals surface area (Å²) in [6, 6.07) is 10.2. The summed E-state index contributed by atoms with van der Waals surface area (Å²) in [6.07, 6.45) is 4.88. The fraction of sp³-hybridized carbons (Fsp3) is 0.0952. The molecule has 1 aromatic heterocycles. The molecule has 3 aromatic rings. The van der Waals surface area contributed by atoms with Gasteiger partial charge in [0, 0.05) is 28.8 Å². The van der Waals surface area contributed by atoms with Crippen molar-refractivity contribution < 1.29 is 18.4 Å². The summed E-state index contributed by atoms with van der Waals surface area (Å²) in [5, 5.41) is 1.87. The van der Waals surface area contributed by atoms with Gasteiger partial charge in [-0.05, 0) is 54.8 Å². The van der Waals surface area contributed by atoms with Gasteiger partial charge >= 0.3 is 0 Å². The normalized spacial score (nSPS) is 11.0. The van der Waals surface area contributed by atoms with Gasteiger partial charge in [0.05, 0.1) is 11.4 Å². The van der Waals surface area contributed by atoms with Gasteiger partial charge in [-0.25, -0.2) is 13.8 Å². The van der Waals surface area contributed by atoms with Crippen LogP contribution in [0.2, 0.25) is 0 Å². The second-order valence-corrected chi connectivity index (χ2v) is 7.65. The first-order chi connectivity index (χ1) is 13.9. The number of amides is 1. The van der Waals surface area contributed by atoms with Crippen molar-refractivity contribution in [2.24, 2.45) is 0 Å². The Morgan fingerprint density at radius 1 is 1.14 bits per heavy atom. The van der Waals surface area contributed by atoms with Gasteiger partial charge in [-0.15, -0.1) is 23.1 Å². The molecule has 0 bridgehead atoms. The lowest BCUT2D eigenvalue weighted by molar-refractivity contribution is -0.115. The number of carbonyl (C=O) groups is 2. The molecule has 3 rings (SSSR count). The molecule has 0 aliphatic heterocycles. The van der Waals surface area contributed by atoms with Crippen LogP contribution in [0.15, 0.2) is 58.8 Å². The van der Waals surface area contributed by atoms with Crippen molar-refractivity contribution in [2.75, 3.05) is 11.2 Å². The number of anilines is 2. The number of rotatable bonds is 6. The van der Waals surface area contributed by atoms with Gasteiger partial charge in [0.25, 0.3) is 0 Å². The van der Waals surface area contributed by atoms with Crippen LogP contribution in [-0.4, -0.2) is 22.9 Å². The third-order valence-electron chi connectivity index (χ3n) is 3.95. The molecule has 4 nitrogen and oxygen atoms in total. The average molecular weight is 431 g/mol. The van der Waals surface area contributed by atoms with Crippen LogP contribution in [0.4, 0.5) is 19.6 Å². The van der Waals surface area contributed by atoms with Gasteiger partial charge in [0.15, 0.2) is 10.9 Å². The lowest BCUT2D eigenvalue weighted by atomic mass is 10.1. The standard InChI is InChI=1S/C21H16F2N2O2S2/c1-13(26)25(19-9-5-15(22)11-18(19)23)21-24-16(12-29-21)6-10-20(27)14-3-7-17(28-2)8-4-14/h3-12H,1-2H3/b10-6+. The maximum atomic E-state index is 14.1. The highest BCUT2D eigenvalue weighted by Crippen LogP contribution is 2.31. The van der Waals surface area contributed by atoms with E-state index in [2.05, 4.69) is 4.98 Å². The second-order valence-electron chi connectivity index (χ2n) is 5.93. The molecule has 0 unspecified atom stereocenters. The molecule has 0 saturated carbocycles. The molecule has 0 N–H and O–H groups in total. The molecule has 0 radical (unpaired) electrons. The molecule has 0 aliphatic rings. The Bertz CT molecular complexity index is 1080. The Hall–Kier alpha value is -2.84. The number of aromatic nitrogens is 1. The van der Waals surface area contributed by atoms with E-state index < -0.39 is 17.5 Å². The highest BCUT2D eigenvalue weighted by Gasteiger charge is 2.21. The number of benzene rings is 2. The summed E-state index contributed by atoms with van der Waals surface area (Å²) >= 11 is 2.70. The van der Waals surface area contributed by atoms with Gasteiger partial charge in [-0.2, -0.15) is 0 Å². The molecule has 1 amide bonds. The summed E-state index contributed by atoms with van der Waals surface area (Å²) in [6.45, 7) is 1.27. The number of thiazole rings is 1. The lowest BCUT2D eigenvalue weighted by Crippen LogP contribution is -2.23. The molecule has 1 heterocycles. The van der Waals surface area contributed by atoms with E-state index in [-0.39, 0.29) is 16.6 Å². The van der Waals surface area contributed by atoms with Crippen LogP contribution >= 0.6 is 23.1 Å². The maximum absolute atomic E-state index is 14.1. The van der Waals surface area contributed by atoms with Crippen LogP contribution in [0, 0.1) is 11.6 Å². The van der Waals surface area contributed by atoms with Gasteiger partial charge in [-0.1, -0.05) is 0 Å². The Labute approximate surface area is 174 Å². The second kappa shape index (κ2) is 9.11. The molecule has 2 aromatic carbocycles. The zero-order valence-electron chi connectivity index (χ0n) is 15.6. The van der Waals surface area contributed by atoms with Crippen LogP contribution in [0.1, 0.15) is 23.0 Å². The van der Waals surface area contributed by atoms with Gasteiger partial charge < -0.3 is 0 Å². The Morgan fingerprint density at radius 2 is 1.86 bits per heavy atom. The van der Waals surface area contributed by atoms with E-state index in [1.807, 2.05) is 18.4 Å². The van der Waals surface area contributed by atoms with Gasteiger partial charge in [0.2, 0.25) is 5.91 Å². The lowest BCUT2D eigenvalue weighted by Gasteiger charge is -2.18. The molecular formula is C21H16F2N2O2S2. The van der Waals surface area contributed by atoms with Gasteiger partial charge in [-0.3, -0.25) is 14.5 Å². The van der Waals surface area contributed by atoms with Crippen molar-refractivity contribution in [1.82, 2.24) is 4.98 Å². The largest absolute Gasteiger partial charge is 0.289 e. The van der Waals surface area contributed by atoms with Crippen molar-refractivity contribution in [3.8, 4) is 0 Å². The van der Waals surface area contributed by atoms with Crippen molar-refractivity contribution >= 4 is 51.7 Å². The van der Waals surface area contributed by atoms with E-state index >= 15 is 0 Å². The molecule has 0 fully saturated rings. The first kappa shape index (κ1) is 20.9. The minimum Gasteiger partial charge on any atom is -0.289 e. The number of carbonyl (C=O) groups excluding carboxylic acids is 2. The first-order valence-corrected chi connectivity index (χ1v) is 10.6. The maximum Gasteiger partial charge on any atom is 0.230 e. The van der Waals surface area contributed by atoms with E-state index in [4.69, 9.17) is 0 Å². The highest BCUT2D eigenvalue weighted by atomic mass is 32.2. The average Bonchev–Trinajstić information content (AvgIpc) is 3.16. The van der Waals surface area contributed by atoms with Crippen molar-refractivity contribution in [3.05, 3.63) is 76.8 Å². The summed E-state index contributed by atoms with van der Waals surface area (Å²) in [5.74, 6) is -2.25. The fourth-order valence-corrected chi connectivity index (χ4v) is 3.79. The number of ketones is 1. The van der Waals surface area contributed by atoms with Crippen LogP contribution in [0.5, 0.6) is 0 Å². The first-order valence-electron chi connectivity index (χ1n) is 8.47. The van der Waals surface area contributed by atoms with E-state index in [0.29, 0.717) is 17.3 Å². The number of nitrogens with zero attached hydrogens (tertiary/aromatic N) is 2. The minimum absolute atomic E-state index is 0.0891. The van der Waals surface area contributed by atoms with Gasteiger partial charge in [0.1, 0.15) is 11.6 Å². The number of hydrogen-bond donors (Lipinski definition) is 0. The van der Waals surface area contributed by atoms with E-state index in [1.165, 1.54) is 25.1 Å². The third-order valence-corrected chi connectivity index (χ3v) is 5.53. The van der Waals surface area contributed by atoms with Crippen LogP contribution in [-0.2, 0) is 4.79 Å². The van der Waals surface area contributed by atoms with Crippen LogP contribution in [0.3, 0.4) is 0 Å². The summed E-state index contributed by atoms with van der Waals surface area (Å²) < 4.78 is 27.3. The number of hydrogen-bond acceptors (Lipinski definition) is 5. The zero-order chi connectivity index (χ0) is 21.0. The molecule has 29 heavy (non-hydrogen) atoms. The van der Waals surface area contributed by atoms with E-state index in [0.717, 1.165) is 27.2 Å². The van der Waals surface area contributed by atoms with E-state index in [9.17, 15) is 18.4 Å². The molecule has 8 heteroatoms. The topological polar surface area (TPSA) is 50.3 Å². The molecular weight excluding hydrogens is 414 g/mol. The Morgan fingerprint density at radius 3 is 2.48 bits per heavy atom. The molecule has 0 saturated heterocycles. The van der Waals surface area contributed by atoms with Crippen LogP contribution in [0.25, 0.3) is 6.08 Å². The predicted octanol–water partition coefficient (Wildman–Crippen LogP) is 5.72. The minimum atomic E-state index is -0.864. The number of halogens is 2.